The van der Waals surface area contributed by atoms with Crippen LogP contribution >= 0.6 is 0 Å². The van der Waals surface area contributed by atoms with Crippen LogP contribution in [0.2, 0.25) is 0 Å². The van der Waals surface area contributed by atoms with Crippen LogP contribution in [0, 0.1) is 12.8 Å². The van der Waals surface area contributed by atoms with Gasteiger partial charge in [0.15, 0.2) is 0 Å². The summed E-state index contributed by atoms with van der Waals surface area (Å²) >= 11 is 0. The van der Waals surface area contributed by atoms with Gasteiger partial charge in [0.1, 0.15) is 0 Å². The van der Waals surface area contributed by atoms with Crippen molar-refractivity contribution in [1.82, 2.24) is 14.9 Å². The van der Waals surface area contributed by atoms with Crippen molar-refractivity contribution in [3.05, 3.63) is 11.8 Å². The van der Waals surface area contributed by atoms with Crippen molar-refractivity contribution < 1.29 is 4.74 Å². The number of hydrogen-bond acceptors (Lipinski definition) is 5. The van der Waals surface area contributed by atoms with E-state index in [-0.39, 0.29) is 0 Å². The first-order chi connectivity index (χ1) is 9.21. The highest BCUT2D eigenvalue weighted by molar-refractivity contribution is 5.30. The third kappa shape index (κ3) is 4.06. The van der Waals surface area contributed by atoms with Crippen molar-refractivity contribution in [1.29, 1.82) is 0 Å². The number of hydrogen-bond donors (Lipinski definition) is 1. The molecule has 0 radical (unpaired) electrons. The molecule has 1 atom stereocenters. The van der Waals surface area contributed by atoms with Crippen LogP contribution in [0.3, 0.4) is 0 Å². The quantitative estimate of drug-likeness (QED) is 0.851. The van der Waals surface area contributed by atoms with Gasteiger partial charge in [-0.05, 0) is 39.3 Å². The van der Waals surface area contributed by atoms with Gasteiger partial charge in [-0.3, -0.25) is 0 Å². The Labute approximate surface area is 115 Å². The van der Waals surface area contributed by atoms with Crippen LogP contribution in [-0.2, 0) is 0 Å². The molecule has 0 amide bonds. The lowest BCUT2D eigenvalue weighted by atomic mass is 10.1. The van der Waals surface area contributed by atoms with Crippen LogP contribution in [0.15, 0.2) is 6.07 Å². The monoisotopic (exact) mass is 264 g/mol. The lowest BCUT2D eigenvalue weighted by Crippen LogP contribution is -2.23. The minimum absolute atomic E-state index is 0.629. The minimum Gasteiger partial charge on any atom is -0.478 e. The first-order valence-electron chi connectivity index (χ1n) is 7.16. The molecule has 1 aromatic heterocycles. The van der Waals surface area contributed by atoms with E-state index < -0.39 is 0 Å². The number of ether oxygens (including phenoxy) is 1. The lowest BCUT2D eigenvalue weighted by Gasteiger charge is -2.14. The fourth-order valence-electron chi connectivity index (χ4n) is 2.44. The molecule has 5 heteroatoms. The van der Waals surface area contributed by atoms with E-state index in [0.717, 1.165) is 18.8 Å². The Morgan fingerprint density at radius 1 is 1.42 bits per heavy atom. The second-order valence-electron chi connectivity index (χ2n) is 5.03. The third-order valence-electron chi connectivity index (χ3n) is 3.49. The van der Waals surface area contributed by atoms with Crippen LogP contribution in [0.1, 0.15) is 26.0 Å². The topological polar surface area (TPSA) is 50.3 Å². The number of nitrogens with one attached hydrogen (secondary N) is 1. The van der Waals surface area contributed by atoms with Crippen molar-refractivity contribution in [3.63, 3.8) is 0 Å². The van der Waals surface area contributed by atoms with Crippen LogP contribution in [0.5, 0.6) is 5.88 Å². The fraction of sp³-hybridized carbons (Fsp3) is 0.714. The normalized spacial score (nSPS) is 19.6. The first kappa shape index (κ1) is 14.1. The van der Waals surface area contributed by atoms with E-state index in [1.54, 1.807) is 0 Å². The van der Waals surface area contributed by atoms with Crippen LogP contribution in [-0.4, -0.2) is 47.7 Å². The van der Waals surface area contributed by atoms with Crippen molar-refractivity contribution in [3.8, 4) is 5.88 Å². The summed E-state index contributed by atoms with van der Waals surface area (Å²) in [4.78, 5) is 11.2. The average Bonchev–Trinajstić information content (AvgIpc) is 2.84. The number of rotatable bonds is 6. The van der Waals surface area contributed by atoms with Gasteiger partial charge in [0, 0.05) is 24.8 Å². The standard InChI is InChI=1S/C14H24N4O/c1-4-18-7-6-12(10-18)9-15-14-16-11(3)8-13(17-14)19-5-2/h8,12H,4-7,9-10H2,1-3H3,(H,15,16,17). The molecule has 1 aliphatic heterocycles. The van der Waals surface area contributed by atoms with Crippen molar-refractivity contribution >= 4 is 5.95 Å². The predicted molar refractivity (Wildman–Crippen MR) is 76.6 cm³/mol. The van der Waals surface area contributed by atoms with Crippen molar-refractivity contribution in [2.24, 2.45) is 5.92 Å². The van der Waals surface area contributed by atoms with Crippen LogP contribution < -0.4 is 10.1 Å². The van der Waals surface area contributed by atoms with Gasteiger partial charge in [0.25, 0.3) is 0 Å². The zero-order chi connectivity index (χ0) is 13.7. The smallest absolute Gasteiger partial charge is 0.226 e. The molecule has 19 heavy (non-hydrogen) atoms. The molecule has 1 aliphatic rings. The molecule has 106 valence electrons. The van der Waals surface area contributed by atoms with Gasteiger partial charge in [0.05, 0.1) is 6.61 Å². The van der Waals surface area contributed by atoms with Gasteiger partial charge in [-0.15, -0.1) is 0 Å². The molecular formula is C14H24N4O. The Balaban J connectivity index is 1.88. The second-order valence-corrected chi connectivity index (χ2v) is 5.03. The van der Waals surface area contributed by atoms with E-state index in [4.69, 9.17) is 4.74 Å². The molecule has 0 aromatic carbocycles. The molecular weight excluding hydrogens is 240 g/mol. The minimum atomic E-state index is 0.629. The molecule has 1 fully saturated rings. The van der Waals surface area contributed by atoms with E-state index in [9.17, 15) is 0 Å². The highest BCUT2D eigenvalue weighted by atomic mass is 16.5. The van der Waals surface area contributed by atoms with E-state index in [2.05, 4.69) is 27.1 Å². The Morgan fingerprint density at radius 2 is 2.26 bits per heavy atom. The van der Waals surface area contributed by atoms with E-state index >= 15 is 0 Å². The summed E-state index contributed by atoms with van der Waals surface area (Å²) in [6.07, 6.45) is 1.25. The maximum Gasteiger partial charge on any atom is 0.226 e. The highest BCUT2D eigenvalue weighted by Crippen LogP contribution is 2.17. The highest BCUT2D eigenvalue weighted by Gasteiger charge is 2.20. The van der Waals surface area contributed by atoms with Crippen LogP contribution in [0.4, 0.5) is 5.95 Å². The molecule has 1 aromatic rings. The molecule has 0 spiro atoms. The molecule has 0 aliphatic carbocycles. The number of nitrogens with zero attached hydrogens (tertiary/aromatic N) is 3. The molecule has 0 saturated carbocycles. The summed E-state index contributed by atoms with van der Waals surface area (Å²) in [6, 6.07) is 1.86. The SMILES string of the molecule is CCOc1cc(C)nc(NCC2CCN(CC)C2)n1. The molecule has 2 heterocycles. The zero-order valence-corrected chi connectivity index (χ0v) is 12.1. The molecule has 1 saturated heterocycles. The van der Waals surface area contributed by atoms with Crippen molar-refractivity contribution in [2.75, 3.05) is 38.1 Å². The first-order valence-corrected chi connectivity index (χ1v) is 7.16. The van der Waals surface area contributed by atoms with Gasteiger partial charge in [-0.25, -0.2) is 4.98 Å². The summed E-state index contributed by atoms with van der Waals surface area (Å²) < 4.78 is 5.43. The molecule has 1 unspecified atom stereocenters. The molecule has 0 bridgehead atoms. The Bertz CT molecular complexity index is 410. The number of likely N-dealkylation sites (tertiary alicyclic amines) is 1. The van der Waals surface area contributed by atoms with Crippen LogP contribution in [0.25, 0.3) is 0 Å². The Kier molecular flexibility index (Phi) is 4.96. The van der Waals surface area contributed by atoms with Gasteiger partial charge in [-0.2, -0.15) is 4.98 Å². The average molecular weight is 264 g/mol. The maximum atomic E-state index is 5.43. The molecule has 5 nitrogen and oxygen atoms in total. The predicted octanol–water partition coefficient (Wildman–Crippen LogP) is 1.94. The Hall–Kier alpha value is -1.36. The van der Waals surface area contributed by atoms with Gasteiger partial charge < -0.3 is 15.0 Å². The second kappa shape index (κ2) is 6.70. The Morgan fingerprint density at radius 3 is 2.95 bits per heavy atom. The fourth-order valence-corrected chi connectivity index (χ4v) is 2.44. The summed E-state index contributed by atoms with van der Waals surface area (Å²) in [6.45, 7) is 11.2. The number of aromatic nitrogens is 2. The van der Waals surface area contributed by atoms with Gasteiger partial charge in [-0.1, -0.05) is 6.92 Å². The summed E-state index contributed by atoms with van der Waals surface area (Å²) in [5.74, 6) is 2.03. The lowest BCUT2D eigenvalue weighted by molar-refractivity contribution is 0.326. The van der Waals surface area contributed by atoms with Gasteiger partial charge >= 0.3 is 0 Å². The van der Waals surface area contributed by atoms with E-state index in [1.165, 1.54) is 19.5 Å². The molecule has 1 N–H and O–H groups in total. The summed E-state index contributed by atoms with van der Waals surface area (Å²) in [5, 5.41) is 3.34. The summed E-state index contributed by atoms with van der Waals surface area (Å²) in [5.41, 5.74) is 0.933. The number of aryl methyl sites for hydroxylation is 1. The van der Waals surface area contributed by atoms with E-state index in [1.807, 2.05) is 19.9 Å². The van der Waals surface area contributed by atoms with Gasteiger partial charge in [0.2, 0.25) is 11.8 Å². The van der Waals surface area contributed by atoms with Crippen molar-refractivity contribution in [2.45, 2.75) is 27.2 Å². The maximum absolute atomic E-state index is 5.43. The van der Waals surface area contributed by atoms with E-state index in [0.29, 0.717) is 24.4 Å². The largest absolute Gasteiger partial charge is 0.478 e. The third-order valence-corrected chi connectivity index (χ3v) is 3.49. The zero-order valence-electron chi connectivity index (χ0n) is 12.1. The number of anilines is 1. The summed E-state index contributed by atoms with van der Waals surface area (Å²) in [7, 11) is 0. The molecule has 2 rings (SSSR count).